The fourth-order valence-corrected chi connectivity index (χ4v) is 3.09. The molecule has 2 aliphatic rings. The summed E-state index contributed by atoms with van der Waals surface area (Å²) in [5.74, 6) is -0.925. The predicted octanol–water partition coefficient (Wildman–Crippen LogP) is -0.455. The molecule has 2 fully saturated rings. The van der Waals surface area contributed by atoms with Crippen LogP contribution in [0.3, 0.4) is 0 Å². The number of aliphatic hydroxyl groups excluding tert-OH is 1. The summed E-state index contributed by atoms with van der Waals surface area (Å²) in [5.41, 5.74) is 0. The summed E-state index contributed by atoms with van der Waals surface area (Å²) in [7, 11) is -3.13. The number of aliphatic hydroxyl groups is 1. The Morgan fingerprint density at radius 3 is 2.53 bits per heavy atom. The molecule has 0 aromatic carbocycles. The van der Waals surface area contributed by atoms with E-state index < -0.39 is 15.6 Å². The molecule has 1 aliphatic carbocycles. The SMILES string of the molecule is CS(=O)(=O)C[C@]1(C2CC2)OC[C@@H](CO)O1. The summed E-state index contributed by atoms with van der Waals surface area (Å²) in [6.45, 7) is 0.154. The van der Waals surface area contributed by atoms with Crippen LogP contribution < -0.4 is 0 Å². The predicted molar refractivity (Wildman–Crippen MR) is 53.1 cm³/mol. The number of hydrogen-bond donors (Lipinski definition) is 1. The Morgan fingerprint density at radius 1 is 1.47 bits per heavy atom. The van der Waals surface area contributed by atoms with Crippen molar-refractivity contribution in [2.45, 2.75) is 24.7 Å². The third kappa shape index (κ3) is 2.50. The zero-order chi connectivity index (χ0) is 11.1. The van der Waals surface area contributed by atoms with Gasteiger partial charge in [-0.3, -0.25) is 0 Å². The van der Waals surface area contributed by atoms with E-state index in [2.05, 4.69) is 0 Å². The lowest BCUT2D eigenvalue weighted by atomic mass is 10.2. The van der Waals surface area contributed by atoms with Crippen LogP contribution >= 0.6 is 0 Å². The van der Waals surface area contributed by atoms with E-state index in [0.717, 1.165) is 12.8 Å². The lowest BCUT2D eigenvalue weighted by Crippen LogP contribution is -2.41. The standard InChI is InChI=1S/C9H16O5S/c1-15(11,12)6-9(7-2-3-7)13-5-8(4-10)14-9/h7-8,10H,2-6H2,1H3/t8-,9+/m1/s1. The smallest absolute Gasteiger partial charge is 0.185 e. The maximum atomic E-state index is 11.3. The van der Waals surface area contributed by atoms with Gasteiger partial charge in [0.15, 0.2) is 15.6 Å². The van der Waals surface area contributed by atoms with Crippen molar-refractivity contribution in [3.63, 3.8) is 0 Å². The lowest BCUT2D eigenvalue weighted by Gasteiger charge is -2.26. The fourth-order valence-electron chi connectivity index (χ4n) is 1.97. The molecule has 1 saturated heterocycles. The normalized spacial score (nSPS) is 37.1. The minimum Gasteiger partial charge on any atom is -0.394 e. The number of ether oxygens (including phenoxy) is 2. The molecular weight excluding hydrogens is 220 g/mol. The highest BCUT2D eigenvalue weighted by Crippen LogP contribution is 2.46. The van der Waals surface area contributed by atoms with Crippen LogP contribution in [-0.2, 0) is 19.3 Å². The quantitative estimate of drug-likeness (QED) is 0.715. The molecule has 0 unspecified atom stereocenters. The topological polar surface area (TPSA) is 72.8 Å². The molecule has 15 heavy (non-hydrogen) atoms. The van der Waals surface area contributed by atoms with E-state index in [1.165, 1.54) is 6.26 Å². The van der Waals surface area contributed by atoms with Crippen molar-refractivity contribution in [3.8, 4) is 0 Å². The van der Waals surface area contributed by atoms with Crippen molar-refractivity contribution >= 4 is 9.84 Å². The first-order valence-electron chi connectivity index (χ1n) is 5.05. The Hall–Kier alpha value is -0.170. The maximum Gasteiger partial charge on any atom is 0.185 e. The van der Waals surface area contributed by atoms with Crippen molar-refractivity contribution in [2.75, 3.05) is 25.2 Å². The summed E-state index contributed by atoms with van der Waals surface area (Å²) in [6, 6.07) is 0. The van der Waals surface area contributed by atoms with Crippen molar-refractivity contribution in [3.05, 3.63) is 0 Å². The van der Waals surface area contributed by atoms with Crippen LogP contribution in [0.1, 0.15) is 12.8 Å². The molecule has 1 aliphatic heterocycles. The molecule has 6 heteroatoms. The zero-order valence-electron chi connectivity index (χ0n) is 8.68. The summed E-state index contributed by atoms with van der Waals surface area (Å²) in [5, 5.41) is 8.94. The molecule has 0 amide bonds. The highest BCUT2D eigenvalue weighted by Gasteiger charge is 2.54. The van der Waals surface area contributed by atoms with Crippen molar-refractivity contribution < 1.29 is 23.0 Å². The molecule has 1 heterocycles. The van der Waals surface area contributed by atoms with Crippen LogP contribution in [-0.4, -0.2) is 50.6 Å². The minimum atomic E-state index is -3.13. The Bertz CT molecular complexity index is 334. The Balaban J connectivity index is 2.12. The van der Waals surface area contributed by atoms with E-state index in [1.807, 2.05) is 0 Å². The molecule has 5 nitrogen and oxygen atoms in total. The Morgan fingerprint density at radius 2 is 2.13 bits per heavy atom. The summed E-state index contributed by atoms with van der Waals surface area (Å²) in [6.07, 6.45) is 2.67. The Labute approximate surface area is 89.3 Å². The molecule has 0 aromatic rings. The molecule has 1 saturated carbocycles. The summed E-state index contributed by atoms with van der Waals surface area (Å²) >= 11 is 0. The first kappa shape index (κ1) is 11.3. The van der Waals surface area contributed by atoms with Crippen molar-refractivity contribution in [1.82, 2.24) is 0 Å². The first-order valence-corrected chi connectivity index (χ1v) is 7.11. The van der Waals surface area contributed by atoms with Gasteiger partial charge >= 0.3 is 0 Å². The maximum absolute atomic E-state index is 11.3. The van der Waals surface area contributed by atoms with Crippen LogP contribution in [0.2, 0.25) is 0 Å². The molecule has 0 radical (unpaired) electrons. The Kier molecular flexibility index (Phi) is 2.79. The van der Waals surface area contributed by atoms with Gasteiger partial charge < -0.3 is 14.6 Å². The zero-order valence-corrected chi connectivity index (χ0v) is 9.50. The van der Waals surface area contributed by atoms with Crippen molar-refractivity contribution in [1.29, 1.82) is 0 Å². The molecule has 0 aromatic heterocycles. The van der Waals surface area contributed by atoms with Gasteiger partial charge in [0.2, 0.25) is 0 Å². The highest BCUT2D eigenvalue weighted by atomic mass is 32.2. The third-order valence-electron chi connectivity index (χ3n) is 2.75. The van der Waals surface area contributed by atoms with Gasteiger partial charge in [0, 0.05) is 12.2 Å². The van der Waals surface area contributed by atoms with Gasteiger partial charge in [0.1, 0.15) is 11.9 Å². The number of sulfone groups is 1. The largest absolute Gasteiger partial charge is 0.394 e. The van der Waals surface area contributed by atoms with Gasteiger partial charge in [-0.05, 0) is 12.8 Å². The van der Waals surface area contributed by atoms with E-state index in [4.69, 9.17) is 14.6 Å². The van der Waals surface area contributed by atoms with Gasteiger partial charge in [0.05, 0.1) is 13.2 Å². The highest BCUT2D eigenvalue weighted by molar-refractivity contribution is 7.90. The van der Waals surface area contributed by atoms with E-state index in [1.54, 1.807) is 0 Å². The van der Waals surface area contributed by atoms with Gasteiger partial charge in [0.25, 0.3) is 0 Å². The van der Waals surface area contributed by atoms with E-state index in [-0.39, 0.29) is 31.0 Å². The molecule has 1 N–H and O–H groups in total. The average molecular weight is 236 g/mol. The summed E-state index contributed by atoms with van der Waals surface area (Å²) in [4.78, 5) is 0. The van der Waals surface area contributed by atoms with Crippen LogP contribution in [0.15, 0.2) is 0 Å². The number of hydrogen-bond acceptors (Lipinski definition) is 5. The van der Waals surface area contributed by atoms with Crippen LogP contribution in [0.25, 0.3) is 0 Å². The molecule has 0 spiro atoms. The molecule has 2 atom stereocenters. The average Bonchev–Trinajstić information content (AvgIpc) is 2.88. The van der Waals surface area contributed by atoms with Gasteiger partial charge in [-0.25, -0.2) is 8.42 Å². The van der Waals surface area contributed by atoms with Crippen LogP contribution in [0, 0.1) is 5.92 Å². The first-order chi connectivity index (χ1) is 6.95. The molecule has 88 valence electrons. The lowest BCUT2D eigenvalue weighted by molar-refractivity contribution is -0.169. The monoisotopic (exact) mass is 236 g/mol. The minimum absolute atomic E-state index is 0.110. The van der Waals surface area contributed by atoms with Gasteiger partial charge in [-0.15, -0.1) is 0 Å². The third-order valence-corrected chi connectivity index (χ3v) is 3.67. The fraction of sp³-hybridized carbons (Fsp3) is 1.00. The van der Waals surface area contributed by atoms with Crippen molar-refractivity contribution in [2.24, 2.45) is 5.92 Å². The van der Waals surface area contributed by atoms with Gasteiger partial charge in [-0.2, -0.15) is 0 Å². The van der Waals surface area contributed by atoms with Gasteiger partial charge in [-0.1, -0.05) is 0 Å². The molecule has 0 bridgehead atoms. The summed E-state index contributed by atoms with van der Waals surface area (Å²) < 4.78 is 33.6. The second-order valence-corrected chi connectivity index (χ2v) is 6.53. The van der Waals surface area contributed by atoms with E-state index in [0.29, 0.717) is 0 Å². The van der Waals surface area contributed by atoms with E-state index >= 15 is 0 Å². The van der Waals surface area contributed by atoms with Crippen LogP contribution in [0.4, 0.5) is 0 Å². The van der Waals surface area contributed by atoms with Crippen LogP contribution in [0.5, 0.6) is 0 Å². The van der Waals surface area contributed by atoms with E-state index in [9.17, 15) is 8.42 Å². The molecule has 2 rings (SSSR count). The second kappa shape index (κ2) is 3.69. The number of rotatable bonds is 4. The molecular formula is C9H16O5S. The second-order valence-electron chi connectivity index (χ2n) is 4.39.